The second-order valence-electron chi connectivity index (χ2n) is 7.13. The van der Waals surface area contributed by atoms with Gasteiger partial charge in [0, 0.05) is 12.8 Å². The number of aliphatic carboxylic acids is 1. The Balaban J connectivity index is 1.59. The van der Waals surface area contributed by atoms with E-state index in [1.54, 1.807) is 0 Å². The summed E-state index contributed by atoms with van der Waals surface area (Å²) in [5.74, 6) is -1.81. The summed E-state index contributed by atoms with van der Waals surface area (Å²) in [4.78, 5) is 24.0. The van der Waals surface area contributed by atoms with Gasteiger partial charge in [0.1, 0.15) is 12.1 Å². The molecule has 7 nitrogen and oxygen atoms in total. The first-order valence-electron chi connectivity index (χ1n) is 8.92. The molecular weight excluding hydrogens is 338 g/mol. The number of carboxylic acids is 1. The Hall–Kier alpha value is -2.12. The number of amides is 1. The van der Waals surface area contributed by atoms with Gasteiger partial charge in [-0.2, -0.15) is 0 Å². The van der Waals surface area contributed by atoms with E-state index >= 15 is 0 Å². The standard InChI is InChI=1S/C19H25NO6/c1-13-14(2)26-19(25-13)10-8-18(9-11-19,16(21)22)20-17(23)24-12-15-6-4-3-5-7-15/h3-7,13-14H,8-12H2,1-2H3,(H,20,23)(H,21,22)/t13-,14-/m1/s1. The zero-order valence-electron chi connectivity index (χ0n) is 15.1. The maximum absolute atomic E-state index is 12.2. The summed E-state index contributed by atoms with van der Waals surface area (Å²) in [6.45, 7) is 3.98. The number of ether oxygens (including phenoxy) is 3. The molecule has 1 aliphatic carbocycles. The molecule has 2 atom stereocenters. The normalized spacial score (nSPS) is 26.4. The van der Waals surface area contributed by atoms with Gasteiger partial charge in [-0.3, -0.25) is 0 Å². The van der Waals surface area contributed by atoms with Gasteiger partial charge in [0.15, 0.2) is 5.79 Å². The second kappa shape index (κ2) is 7.25. The summed E-state index contributed by atoms with van der Waals surface area (Å²) in [5.41, 5.74) is -0.522. The number of carboxylic acid groups (broad SMARTS) is 1. The minimum Gasteiger partial charge on any atom is -0.480 e. The molecule has 2 aliphatic rings. The molecule has 1 spiro atoms. The molecule has 0 aromatic heterocycles. The first-order valence-corrected chi connectivity index (χ1v) is 8.92. The van der Waals surface area contributed by atoms with Crippen LogP contribution in [-0.4, -0.2) is 40.7 Å². The highest BCUT2D eigenvalue weighted by molar-refractivity contribution is 5.84. The Morgan fingerprint density at radius 3 is 2.23 bits per heavy atom. The van der Waals surface area contributed by atoms with E-state index in [1.807, 2.05) is 44.2 Å². The Morgan fingerprint density at radius 2 is 1.69 bits per heavy atom. The highest BCUT2D eigenvalue weighted by Gasteiger charge is 2.53. The molecular formula is C19H25NO6. The van der Waals surface area contributed by atoms with Gasteiger partial charge in [0.25, 0.3) is 0 Å². The van der Waals surface area contributed by atoms with Crippen LogP contribution in [0.1, 0.15) is 45.1 Å². The average molecular weight is 363 g/mol. The van der Waals surface area contributed by atoms with Crippen molar-refractivity contribution in [3.05, 3.63) is 35.9 Å². The van der Waals surface area contributed by atoms with Crippen molar-refractivity contribution < 1.29 is 28.9 Å². The molecule has 142 valence electrons. The van der Waals surface area contributed by atoms with E-state index in [2.05, 4.69) is 5.32 Å². The molecule has 1 heterocycles. The first kappa shape index (κ1) is 18.7. The number of carbonyl (C=O) groups is 2. The summed E-state index contributed by atoms with van der Waals surface area (Å²) in [5, 5.41) is 12.3. The fourth-order valence-electron chi connectivity index (χ4n) is 3.54. The summed E-state index contributed by atoms with van der Waals surface area (Å²) in [7, 11) is 0. The maximum Gasteiger partial charge on any atom is 0.408 e. The third-order valence-corrected chi connectivity index (χ3v) is 5.29. The van der Waals surface area contributed by atoms with Crippen LogP contribution in [-0.2, 0) is 25.6 Å². The summed E-state index contributed by atoms with van der Waals surface area (Å²) in [6, 6.07) is 9.23. The second-order valence-corrected chi connectivity index (χ2v) is 7.13. The molecule has 26 heavy (non-hydrogen) atoms. The summed E-state index contributed by atoms with van der Waals surface area (Å²) in [6.07, 6.45) is 0.471. The molecule has 2 N–H and O–H groups in total. The van der Waals surface area contributed by atoms with Gasteiger partial charge in [0.2, 0.25) is 0 Å². The highest BCUT2D eigenvalue weighted by Crippen LogP contribution is 2.43. The van der Waals surface area contributed by atoms with Crippen LogP contribution in [0, 0.1) is 0 Å². The molecule has 1 saturated carbocycles. The predicted octanol–water partition coefficient (Wildman–Crippen LogP) is 2.83. The summed E-state index contributed by atoms with van der Waals surface area (Å²) < 4.78 is 17.0. The molecule has 2 fully saturated rings. The van der Waals surface area contributed by atoms with Gasteiger partial charge < -0.3 is 24.6 Å². The summed E-state index contributed by atoms with van der Waals surface area (Å²) >= 11 is 0. The fraction of sp³-hybridized carbons (Fsp3) is 0.579. The van der Waals surface area contributed by atoms with Crippen molar-refractivity contribution in [3.63, 3.8) is 0 Å². The topological polar surface area (TPSA) is 94.1 Å². The smallest absolute Gasteiger partial charge is 0.408 e. The van der Waals surface area contributed by atoms with Gasteiger partial charge in [-0.15, -0.1) is 0 Å². The zero-order chi connectivity index (χ0) is 18.8. The highest BCUT2D eigenvalue weighted by atomic mass is 16.8. The Labute approximate surface area is 152 Å². The van der Waals surface area contributed by atoms with Crippen LogP contribution >= 0.6 is 0 Å². The van der Waals surface area contributed by atoms with E-state index in [4.69, 9.17) is 14.2 Å². The minimum absolute atomic E-state index is 0.0314. The Bertz CT molecular complexity index is 641. The number of carbonyl (C=O) groups excluding carboxylic acids is 1. The lowest BCUT2D eigenvalue weighted by Crippen LogP contribution is -2.59. The molecule has 0 radical (unpaired) electrons. The van der Waals surface area contributed by atoms with Gasteiger partial charge >= 0.3 is 12.1 Å². The van der Waals surface area contributed by atoms with E-state index in [0.29, 0.717) is 12.8 Å². The lowest BCUT2D eigenvalue weighted by Gasteiger charge is -2.41. The molecule has 0 unspecified atom stereocenters. The van der Waals surface area contributed by atoms with Crippen molar-refractivity contribution in [1.82, 2.24) is 5.32 Å². The molecule has 7 heteroatoms. The largest absolute Gasteiger partial charge is 0.480 e. The van der Waals surface area contributed by atoms with E-state index in [-0.39, 0.29) is 31.7 Å². The fourth-order valence-corrected chi connectivity index (χ4v) is 3.54. The van der Waals surface area contributed by atoms with Gasteiger partial charge in [-0.1, -0.05) is 30.3 Å². The Kier molecular flexibility index (Phi) is 5.20. The maximum atomic E-state index is 12.2. The first-order chi connectivity index (χ1) is 12.3. The third-order valence-electron chi connectivity index (χ3n) is 5.29. The van der Waals surface area contributed by atoms with Crippen LogP contribution < -0.4 is 5.32 Å². The van der Waals surface area contributed by atoms with Crippen LogP contribution in [0.4, 0.5) is 4.79 Å². The number of rotatable bonds is 4. The van der Waals surface area contributed by atoms with Crippen molar-refractivity contribution in [1.29, 1.82) is 0 Å². The monoisotopic (exact) mass is 363 g/mol. The van der Waals surface area contributed by atoms with E-state index in [9.17, 15) is 14.7 Å². The molecule has 1 amide bonds. The van der Waals surface area contributed by atoms with Crippen molar-refractivity contribution in [2.45, 2.75) is 69.7 Å². The Morgan fingerprint density at radius 1 is 1.12 bits per heavy atom. The van der Waals surface area contributed by atoms with Gasteiger partial charge in [0.05, 0.1) is 12.2 Å². The molecule has 0 bridgehead atoms. The van der Waals surface area contributed by atoms with Crippen molar-refractivity contribution in [2.24, 2.45) is 0 Å². The molecule has 1 aromatic carbocycles. The number of alkyl carbamates (subject to hydrolysis) is 1. The number of hydrogen-bond donors (Lipinski definition) is 2. The number of nitrogens with one attached hydrogen (secondary N) is 1. The number of benzene rings is 1. The lowest BCUT2D eigenvalue weighted by molar-refractivity contribution is -0.202. The van der Waals surface area contributed by atoms with E-state index in [1.165, 1.54) is 0 Å². The van der Waals surface area contributed by atoms with Crippen LogP contribution in [0.3, 0.4) is 0 Å². The third kappa shape index (κ3) is 3.83. The van der Waals surface area contributed by atoms with Crippen LogP contribution in [0.25, 0.3) is 0 Å². The van der Waals surface area contributed by atoms with Gasteiger partial charge in [-0.25, -0.2) is 9.59 Å². The van der Waals surface area contributed by atoms with Crippen molar-refractivity contribution in [3.8, 4) is 0 Å². The van der Waals surface area contributed by atoms with Crippen molar-refractivity contribution >= 4 is 12.1 Å². The van der Waals surface area contributed by atoms with E-state index in [0.717, 1.165) is 5.56 Å². The predicted molar refractivity (Wildman–Crippen MR) is 92.4 cm³/mol. The zero-order valence-corrected chi connectivity index (χ0v) is 15.1. The lowest BCUT2D eigenvalue weighted by atomic mass is 9.78. The minimum atomic E-state index is -1.36. The molecule has 3 rings (SSSR count). The molecule has 1 saturated heterocycles. The average Bonchev–Trinajstić information content (AvgIpc) is 2.90. The quantitative estimate of drug-likeness (QED) is 0.854. The molecule has 1 aliphatic heterocycles. The van der Waals surface area contributed by atoms with Crippen LogP contribution in [0.15, 0.2) is 30.3 Å². The van der Waals surface area contributed by atoms with Gasteiger partial charge in [-0.05, 0) is 32.3 Å². The van der Waals surface area contributed by atoms with Crippen LogP contribution in [0.5, 0.6) is 0 Å². The van der Waals surface area contributed by atoms with Crippen molar-refractivity contribution in [2.75, 3.05) is 0 Å². The van der Waals surface area contributed by atoms with E-state index < -0.39 is 23.4 Å². The SMILES string of the molecule is C[C@H]1OC2(CCC(NC(=O)OCc3ccccc3)(C(=O)O)CC2)O[C@@H]1C. The van der Waals surface area contributed by atoms with Crippen LogP contribution in [0.2, 0.25) is 0 Å². The molecule has 1 aromatic rings. The number of hydrogen-bond acceptors (Lipinski definition) is 5.